The number of alkyl halides is 1. The van der Waals surface area contributed by atoms with Crippen molar-refractivity contribution in [1.29, 1.82) is 0 Å². The van der Waals surface area contributed by atoms with Crippen molar-refractivity contribution in [2.45, 2.75) is 4.43 Å². The first-order valence-electron chi connectivity index (χ1n) is 10.2. The summed E-state index contributed by atoms with van der Waals surface area (Å²) < 4.78 is 25.0. The third-order valence-corrected chi connectivity index (χ3v) is 7.31. The second-order valence-corrected chi connectivity index (χ2v) is 9.14. The molecule has 1 aliphatic heterocycles. The molecule has 3 heterocycles. The Labute approximate surface area is 216 Å². The third kappa shape index (κ3) is 4.01. The Hall–Kier alpha value is -3.52. The fourth-order valence-corrected chi connectivity index (χ4v) is 5.34. The quantitative estimate of drug-likeness (QED) is 0.215. The van der Waals surface area contributed by atoms with E-state index in [2.05, 4.69) is 43.2 Å². The minimum Gasteiger partial charge on any atom is -0.493 e. The fraction of sp³-hybridized carbons (Fsp3) is 0.130. The van der Waals surface area contributed by atoms with Crippen LogP contribution in [0.1, 0.15) is 15.2 Å². The van der Waals surface area contributed by atoms with Gasteiger partial charge in [0.15, 0.2) is 17.3 Å². The highest BCUT2D eigenvalue weighted by molar-refractivity contribution is 14.1. The Bertz CT molecular complexity index is 1490. The van der Waals surface area contributed by atoms with Gasteiger partial charge in [0.2, 0.25) is 0 Å². The zero-order chi connectivity index (χ0) is 24.7. The van der Waals surface area contributed by atoms with Crippen molar-refractivity contribution in [1.82, 2.24) is 9.97 Å². The van der Waals surface area contributed by atoms with Gasteiger partial charge in [-0.25, -0.2) is 24.1 Å². The number of amides is 3. The van der Waals surface area contributed by atoms with E-state index in [4.69, 9.17) is 9.47 Å². The SMILES string of the molecule is COc1ccc(NC(=O)c2sc3ncnc4c3c2NC(=O)N4c2ccc(F)c(CI)c2)cc1OC. The lowest BCUT2D eigenvalue weighted by atomic mass is 10.1. The van der Waals surface area contributed by atoms with Crippen LogP contribution in [-0.4, -0.2) is 36.1 Å². The molecule has 35 heavy (non-hydrogen) atoms. The molecule has 1 aliphatic rings. The molecule has 0 bridgehead atoms. The van der Waals surface area contributed by atoms with Crippen LogP contribution in [0.3, 0.4) is 0 Å². The second-order valence-electron chi connectivity index (χ2n) is 7.38. The number of aromatic nitrogens is 2. The highest BCUT2D eigenvalue weighted by atomic mass is 127. The molecule has 12 heteroatoms. The maximum absolute atomic E-state index is 14.1. The minimum absolute atomic E-state index is 0.275. The maximum Gasteiger partial charge on any atom is 0.332 e. The summed E-state index contributed by atoms with van der Waals surface area (Å²) in [6.07, 6.45) is 1.34. The first-order valence-corrected chi connectivity index (χ1v) is 12.6. The first-order chi connectivity index (χ1) is 16.9. The van der Waals surface area contributed by atoms with E-state index in [0.29, 0.717) is 54.6 Å². The van der Waals surface area contributed by atoms with Crippen LogP contribution >= 0.6 is 33.9 Å². The summed E-state index contributed by atoms with van der Waals surface area (Å²) in [4.78, 5) is 37.2. The minimum atomic E-state index is -0.512. The summed E-state index contributed by atoms with van der Waals surface area (Å²) in [5.74, 6) is 0.537. The van der Waals surface area contributed by atoms with E-state index < -0.39 is 11.9 Å². The van der Waals surface area contributed by atoms with Crippen molar-refractivity contribution in [3.8, 4) is 11.5 Å². The number of nitrogens with one attached hydrogen (secondary N) is 2. The number of hydrogen-bond donors (Lipinski definition) is 2. The van der Waals surface area contributed by atoms with Crippen molar-refractivity contribution in [2.24, 2.45) is 0 Å². The van der Waals surface area contributed by atoms with Gasteiger partial charge >= 0.3 is 6.03 Å². The maximum atomic E-state index is 14.1. The smallest absolute Gasteiger partial charge is 0.332 e. The van der Waals surface area contributed by atoms with Crippen molar-refractivity contribution >= 4 is 79.0 Å². The van der Waals surface area contributed by atoms with Gasteiger partial charge in [-0.3, -0.25) is 4.79 Å². The van der Waals surface area contributed by atoms with Gasteiger partial charge in [-0.2, -0.15) is 0 Å². The average Bonchev–Trinajstić information content (AvgIpc) is 3.24. The number of nitrogens with zero attached hydrogens (tertiary/aromatic N) is 3. The van der Waals surface area contributed by atoms with E-state index >= 15 is 0 Å². The van der Waals surface area contributed by atoms with Gasteiger partial charge in [0.1, 0.15) is 21.9 Å². The molecule has 0 aliphatic carbocycles. The standard InChI is InChI=1S/C23H17FIN5O4S/c1-33-15-6-3-12(8-16(15)34-2)28-21(31)19-18-17-20(26-10-27-22(17)35-19)30(23(32)29-18)13-4-5-14(24)11(7-13)9-25/h3-8,10H,9H2,1-2H3,(H,28,31)(H,29,32). The van der Waals surface area contributed by atoms with Gasteiger partial charge in [-0.05, 0) is 35.9 Å². The Morgan fingerprint density at radius 1 is 1.17 bits per heavy atom. The van der Waals surface area contributed by atoms with Gasteiger partial charge in [-0.15, -0.1) is 11.3 Å². The molecule has 2 aromatic carbocycles. The molecule has 4 aromatic rings. The number of carbonyl (C=O) groups is 2. The third-order valence-electron chi connectivity index (χ3n) is 5.39. The van der Waals surface area contributed by atoms with Gasteiger partial charge in [0.05, 0.1) is 31.0 Å². The normalized spacial score (nSPS) is 12.5. The van der Waals surface area contributed by atoms with E-state index in [-0.39, 0.29) is 10.7 Å². The fourth-order valence-electron chi connectivity index (χ4n) is 3.77. The Morgan fingerprint density at radius 3 is 2.71 bits per heavy atom. The van der Waals surface area contributed by atoms with Crippen molar-refractivity contribution < 1.29 is 23.5 Å². The summed E-state index contributed by atoms with van der Waals surface area (Å²) in [6.45, 7) is 0. The monoisotopic (exact) mass is 605 g/mol. The van der Waals surface area contributed by atoms with Gasteiger partial charge in [-0.1, -0.05) is 22.6 Å². The van der Waals surface area contributed by atoms with Gasteiger partial charge in [0, 0.05) is 16.2 Å². The molecular formula is C23H17FIN5O4S. The average molecular weight is 605 g/mol. The number of anilines is 4. The van der Waals surface area contributed by atoms with Crippen LogP contribution in [0.15, 0.2) is 42.7 Å². The number of ether oxygens (including phenoxy) is 2. The van der Waals surface area contributed by atoms with Crippen molar-refractivity contribution in [2.75, 3.05) is 29.8 Å². The molecule has 0 atom stereocenters. The van der Waals surface area contributed by atoms with E-state index in [1.54, 1.807) is 24.3 Å². The van der Waals surface area contributed by atoms with Crippen LogP contribution in [-0.2, 0) is 4.43 Å². The van der Waals surface area contributed by atoms with Crippen LogP contribution in [0, 0.1) is 5.82 Å². The van der Waals surface area contributed by atoms with Crippen LogP contribution in [0.25, 0.3) is 10.2 Å². The van der Waals surface area contributed by atoms with E-state index in [0.717, 1.165) is 11.3 Å². The lowest BCUT2D eigenvalue weighted by Crippen LogP contribution is -2.35. The highest BCUT2D eigenvalue weighted by Crippen LogP contribution is 2.45. The number of urea groups is 1. The summed E-state index contributed by atoms with van der Waals surface area (Å²) in [7, 11) is 3.03. The summed E-state index contributed by atoms with van der Waals surface area (Å²) >= 11 is 3.20. The van der Waals surface area contributed by atoms with Crippen LogP contribution in [0.5, 0.6) is 11.5 Å². The largest absolute Gasteiger partial charge is 0.493 e. The number of carbonyl (C=O) groups excluding carboxylic acids is 2. The number of rotatable bonds is 6. The predicted molar refractivity (Wildman–Crippen MR) is 140 cm³/mol. The molecule has 0 fully saturated rings. The van der Waals surface area contributed by atoms with E-state index in [9.17, 15) is 14.0 Å². The lowest BCUT2D eigenvalue weighted by molar-refractivity contribution is 0.103. The predicted octanol–water partition coefficient (Wildman–Crippen LogP) is 5.72. The summed E-state index contributed by atoms with van der Waals surface area (Å²) in [6, 6.07) is 8.93. The molecule has 0 unspecified atom stereocenters. The molecule has 3 amide bonds. The van der Waals surface area contributed by atoms with Crippen molar-refractivity contribution in [3.05, 3.63) is 59.0 Å². The Morgan fingerprint density at radius 2 is 1.97 bits per heavy atom. The number of methoxy groups -OCH3 is 2. The van der Waals surface area contributed by atoms with Crippen LogP contribution in [0.4, 0.5) is 32.1 Å². The number of thiophene rings is 1. The topological polar surface area (TPSA) is 106 Å². The van der Waals surface area contributed by atoms with Gasteiger partial charge in [0.25, 0.3) is 5.91 Å². The number of hydrogen-bond acceptors (Lipinski definition) is 7. The molecule has 0 spiro atoms. The van der Waals surface area contributed by atoms with Crippen LogP contribution in [0.2, 0.25) is 0 Å². The summed E-state index contributed by atoms with van der Waals surface area (Å²) in [5, 5.41) is 6.16. The molecule has 0 saturated carbocycles. The molecule has 2 aromatic heterocycles. The Kier molecular flexibility index (Phi) is 6.15. The molecule has 0 radical (unpaired) electrons. The van der Waals surface area contributed by atoms with E-state index in [1.165, 1.54) is 37.6 Å². The molecule has 9 nitrogen and oxygen atoms in total. The molecule has 2 N–H and O–H groups in total. The van der Waals surface area contributed by atoms with E-state index in [1.807, 2.05) is 0 Å². The zero-order valence-electron chi connectivity index (χ0n) is 18.4. The second kappa shape index (κ2) is 9.26. The molecule has 0 saturated heterocycles. The van der Waals surface area contributed by atoms with Crippen molar-refractivity contribution in [3.63, 3.8) is 0 Å². The molecular weight excluding hydrogens is 588 g/mol. The Balaban J connectivity index is 1.55. The molecule has 5 rings (SSSR count). The molecule has 178 valence electrons. The lowest BCUT2D eigenvalue weighted by Gasteiger charge is -2.27. The highest BCUT2D eigenvalue weighted by Gasteiger charge is 2.34. The van der Waals surface area contributed by atoms with Gasteiger partial charge < -0.3 is 20.1 Å². The number of benzene rings is 2. The zero-order valence-corrected chi connectivity index (χ0v) is 21.4. The number of halogens is 2. The first kappa shape index (κ1) is 23.2. The summed E-state index contributed by atoms with van der Waals surface area (Å²) in [5.41, 5.74) is 1.75. The van der Waals surface area contributed by atoms with Crippen LogP contribution < -0.4 is 25.0 Å².